The molecule has 134 valence electrons. The molecule has 0 atom stereocenters. The van der Waals surface area contributed by atoms with Gasteiger partial charge in [0.2, 0.25) is 5.88 Å². The third kappa shape index (κ3) is 4.20. The normalized spacial score (nSPS) is 15.5. The number of hydrogen-bond donors (Lipinski definition) is 1. The molecule has 1 fully saturated rings. The van der Waals surface area contributed by atoms with Gasteiger partial charge in [-0.15, -0.1) is 0 Å². The van der Waals surface area contributed by atoms with Gasteiger partial charge in [0.15, 0.2) is 0 Å². The van der Waals surface area contributed by atoms with Gasteiger partial charge in [0.1, 0.15) is 5.75 Å². The predicted molar refractivity (Wildman–Crippen MR) is 95.1 cm³/mol. The second-order valence-electron chi connectivity index (χ2n) is 6.58. The highest BCUT2D eigenvalue weighted by Crippen LogP contribution is 2.32. The number of rotatable bonds is 6. The van der Waals surface area contributed by atoms with Crippen molar-refractivity contribution in [2.75, 3.05) is 19.8 Å². The molecule has 1 aromatic heterocycles. The molecule has 0 unspecified atom stereocenters. The Balaban J connectivity index is 1.91. The van der Waals surface area contributed by atoms with Crippen LogP contribution in [0.2, 0.25) is 0 Å². The number of fused-ring (bicyclic) bond motifs is 1. The van der Waals surface area contributed by atoms with Crippen molar-refractivity contribution >= 4 is 16.7 Å². The van der Waals surface area contributed by atoms with Crippen LogP contribution in [-0.2, 0) is 4.74 Å². The Morgan fingerprint density at radius 1 is 1.36 bits per heavy atom. The summed E-state index contributed by atoms with van der Waals surface area (Å²) in [4.78, 5) is 16.1. The van der Waals surface area contributed by atoms with Crippen LogP contribution in [0.25, 0.3) is 10.8 Å². The van der Waals surface area contributed by atoms with Gasteiger partial charge in [-0.3, -0.25) is 4.79 Å². The first-order valence-electron chi connectivity index (χ1n) is 8.64. The number of aromatic nitrogens is 1. The van der Waals surface area contributed by atoms with E-state index in [1.165, 1.54) is 0 Å². The Hall–Kier alpha value is -2.34. The second kappa shape index (κ2) is 7.70. The number of carbonyl (C=O) groups excluding carboxylic acids is 1. The quantitative estimate of drug-likeness (QED) is 0.871. The largest absolute Gasteiger partial charge is 0.490 e. The molecule has 1 aliphatic heterocycles. The first kappa shape index (κ1) is 17.5. The lowest BCUT2D eigenvalue weighted by Gasteiger charge is -2.22. The average molecular weight is 344 g/mol. The van der Waals surface area contributed by atoms with Crippen molar-refractivity contribution in [2.24, 2.45) is 11.7 Å². The van der Waals surface area contributed by atoms with Crippen LogP contribution in [0.4, 0.5) is 0 Å². The van der Waals surface area contributed by atoms with E-state index in [1.54, 1.807) is 18.3 Å². The molecule has 0 bridgehead atoms. The maximum Gasteiger partial charge on any atom is 0.252 e. The monoisotopic (exact) mass is 344 g/mol. The predicted octanol–water partition coefficient (Wildman–Crippen LogP) is 2.93. The molecule has 1 aliphatic rings. The third-order valence-corrected chi connectivity index (χ3v) is 4.25. The summed E-state index contributed by atoms with van der Waals surface area (Å²) in [7, 11) is 0. The zero-order chi connectivity index (χ0) is 17.8. The van der Waals surface area contributed by atoms with E-state index in [-0.39, 0.29) is 6.10 Å². The van der Waals surface area contributed by atoms with Gasteiger partial charge in [-0.05, 0) is 56.2 Å². The van der Waals surface area contributed by atoms with E-state index in [9.17, 15) is 4.79 Å². The summed E-state index contributed by atoms with van der Waals surface area (Å²) < 4.78 is 17.1. The summed E-state index contributed by atoms with van der Waals surface area (Å²) in [5.74, 6) is 0.966. The highest BCUT2D eigenvalue weighted by Gasteiger charge is 2.18. The van der Waals surface area contributed by atoms with Crippen molar-refractivity contribution in [1.29, 1.82) is 0 Å². The standard InChI is InChI=1S/C19H24N2O4/c1-12(2)25-17-10-15-14(9-16(17)18(20)22)3-6-21-19(15)24-11-13-4-7-23-8-5-13/h3,6,9-10,12-13H,4-5,7-8,11H2,1-2H3,(H2,20,22). The SMILES string of the molecule is CC(C)Oc1cc2c(OCC3CCOCC3)nccc2cc1C(N)=O. The smallest absolute Gasteiger partial charge is 0.252 e. The molecule has 25 heavy (non-hydrogen) atoms. The molecule has 0 radical (unpaired) electrons. The van der Waals surface area contributed by atoms with Crippen LogP contribution in [0.15, 0.2) is 24.4 Å². The molecule has 6 nitrogen and oxygen atoms in total. The fourth-order valence-electron chi connectivity index (χ4n) is 2.94. The molecule has 1 aromatic carbocycles. The third-order valence-electron chi connectivity index (χ3n) is 4.25. The van der Waals surface area contributed by atoms with Crippen molar-refractivity contribution in [1.82, 2.24) is 4.98 Å². The lowest BCUT2D eigenvalue weighted by Crippen LogP contribution is -2.21. The van der Waals surface area contributed by atoms with Gasteiger partial charge in [-0.1, -0.05) is 0 Å². The van der Waals surface area contributed by atoms with Gasteiger partial charge in [-0.25, -0.2) is 4.98 Å². The van der Waals surface area contributed by atoms with Crippen LogP contribution in [0.1, 0.15) is 37.0 Å². The van der Waals surface area contributed by atoms with Crippen molar-refractivity contribution in [2.45, 2.75) is 32.8 Å². The summed E-state index contributed by atoms with van der Waals surface area (Å²) in [5.41, 5.74) is 5.86. The van der Waals surface area contributed by atoms with Crippen LogP contribution in [0.3, 0.4) is 0 Å². The first-order valence-corrected chi connectivity index (χ1v) is 8.64. The van der Waals surface area contributed by atoms with Crippen LogP contribution in [0.5, 0.6) is 11.6 Å². The molecule has 0 saturated carbocycles. The van der Waals surface area contributed by atoms with E-state index < -0.39 is 5.91 Å². The Morgan fingerprint density at radius 2 is 2.12 bits per heavy atom. The van der Waals surface area contributed by atoms with Crippen LogP contribution in [0, 0.1) is 5.92 Å². The average Bonchev–Trinajstić information content (AvgIpc) is 2.59. The topological polar surface area (TPSA) is 83.7 Å². The maximum atomic E-state index is 11.7. The lowest BCUT2D eigenvalue weighted by atomic mass is 10.0. The number of carbonyl (C=O) groups is 1. The van der Waals surface area contributed by atoms with E-state index in [1.807, 2.05) is 19.9 Å². The van der Waals surface area contributed by atoms with Gasteiger partial charge in [-0.2, -0.15) is 0 Å². The fraction of sp³-hybridized carbons (Fsp3) is 0.474. The molecule has 2 aromatic rings. The molecule has 0 spiro atoms. The molecular weight excluding hydrogens is 320 g/mol. The van der Waals surface area contributed by atoms with Crippen molar-refractivity contribution in [3.8, 4) is 11.6 Å². The number of hydrogen-bond acceptors (Lipinski definition) is 5. The van der Waals surface area contributed by atoms with Crippen LogP contribution >= 0.6 is 0 Å². The zero-order valence-corrected chi connectivity index (χ0v) is 14.7. The molecule has 0 aliphatic carbocycles. The molecule has 1 amide bonds. The van der Waals surface area contributed by atoms with Crippen molar-refractivity contribution in [3.05, 3.63) is 30.0 Å². The van der Waals surface area contributed by atoms with E-state index in [4.69, 9.17) is 19.9 Å². The highest BCUT2D eigenvalue weighted by atomic mass is 16.5. The number of amides is 1. The summed E-state index contributed by atoms with van der Waals surface area (Å²) >= 11 is 0. The van der Waals surface area contributed by atoms with Gasteiger partial charge >= 0.3 is 0 Å². The Kier molecular flexibility index (Phi) is 5.38. The fourth-order valence-corrected chi connectivity index (χ4v) is 2.94. The van der Waals surface area contributed by atoms with Crippen LogP contribution in [-0.4, -0.2) is 36.8 Å². The minimum absolute atomic E-state index is 0.0705. The molecule has 1 saturated heterocycles. The summed E-state index contributed by atoms with van der Waals surface area (Å²) in [6, 6.07) is 5.36. The number of pyridine rings is 1. The van der Waals surface area contributed by atoms with E-state index in [0.717, 1.165) is 36.8 Å². The Morgan fingerprint density at radius 3 is 2.80 bits per heavy atom. The summed E-state index contributed by atoms with van der Waals surface area (Å²) in [6.45, 7) is 5.98. The van der Waals surface area contributed by atoms with Gasteiger partial charge in [0.25, 0.3) is 5.91 Å². The van der Waals surface area contributed by atoms with Gasteiger partial charge in [0, 0.05) is 24.8 Å². The number of nitrogens with zero attached hydrogens (tertiary/aromatic N) is 1. The van der Waals surface area contributed by atoms with Crippen molar-refractivity contribution in [3.63, 3.8) is 0 Å². The minimum Gasteiger partial charge on any atom is -0.490 e. The number of primary amides is 1. The number of nitrogens with two attached hydrogens (primary N) is 1. The number of benzene rings is 1. The molecule has 2 N–H and O–H groups in total. The highest BCUT2D eigenvalue weighted by molar-refractivity contribution is 6.01. The second-order valence-corrected chi connectivity index (χ2v) is 6.58. The first-order chi connectivity index (χ1) is 12.0. The van der Waals surface area contributed by atoms with E-state index in [0.29, 0.717) is 29.7 Å². The van der Waals surface area contributed by atoms with E-state index >= 15 is 0 Å². The molecule has 2 heterocycles. The molecule has 3 rings (SSSR count). The van der Waals surface area contributed by atoms with Gasteiger partial charge in [0.05, 0.1) is 18.3 Å². The summed E-state index contributed by atoms with van der Waals surface area (Å²) in [5, 5.41) is 1.66. The number of ether oxygens (including phenoxy) is 3. The maximum absolute atomic E-state index is 11.7. The zero-order valence-electron chi connectivity index (χ0n) is 14.7. The Bertz CT molecular complexity index is 754. The van der Waals surface area contributed by atoms with Crippen molar-refractivity contribution < 1.29 is 19.0 Å². The molecule has 6 heteroatoms. The lowest BCUT2D eigenvalue weighted by molar-refractivity contribution is 0.0493. The summed E-state index contributed by atoms with van der Waals surface area (Å²) in [6.07, 6.45) is 3.60. The van der Waals surface area contributed by atoms with E-state index in [2.05, 4.69) is 4.98 Å². The minimum atomic E-state index is -0.515. The van der Waals surface area contributed by atoms with Crippen LogP contribution < -0.4 is 15.2 Å². The molecular formula is C19H24N2O4. The van der Waals surface area contributed by atoms with Gasteiger partial charge < -0.3 is 19.9 Å². The Labute approximate surface area is 147 Å².